The predicted molar refractivity (Wildman–Crippen MR) is 118 cm³/mol. The molecule has 0 aromatic carbocycles. The van der Waals surface area contributed by atoms with Crippen molar-refractivity contribution in [1.82, 2.24) is 0 Å². The third-order valence-electron chi connectivity index (χ3n) is 10.2. The van der Waals surface area contributed by atoms with Crippen molar-refractivity contribution in [3.63, 3.8) is 0 Å². The molecule has 0 saturated heterocycles. The van der Waals surface area contributed by atoms with Gasteiger partial charge in [0.05, 0.1) is 6.10 Å². The van der Waals surface area contributed by atoms with E-state index in [0.29, 0.717) is 16.7 Å². The van der Waals surface area contributed by atoms with Gasteiger partial charge in [0.2, 0.25) is 0 Å². The van der Waals surface area contributed by atoms with E-state index in [0.717, 1.165) is 54.8 Å². The summed E-state index contributed by atoms with van der Waals surface area (Å²) in [4.78, 5) is 0. The molecule has 4 saturated carbocycles. The molecule has 158 valence electrons. The standard InChI is InChI=1S/C27H44O/c1-18(2)7-6-8-19(3)23-11-12-24-22-10-9-20-17-21(28)13-15-26(20,4)25(22)14-16-27(23,24)5/h18-25,28H,8-17H2,1-5H3/t19-,20-,21+,22?,23?,24?,25?,26+,27-/m1/s1. The summed E-state index contributed by atoms with van der Waals surface area (Å²) in [5.41, 5.74) is 1.06. The van der Waals surface area contributed by atoms with Gasteiger partial charge < -0.3 is 5.11 Å². The molecule has 0 amide bonds. The maximum absolute atomic E-state index is 10.2. The van der Waals surface area contributed by atoms with Crippen LogP contribution >= 0.6 is 0 Å². The van der Waals surface area contributed by atoms with Crippen LogP contribution in [0.2, 0.25) is 0 Å². The van der Waals surface area contributed by atoms with Crippen LogP contribution in [0.15, 0.2) is 0 Å². The first kappa shape index (κ1) is 20.8. The van der Waals surface area contributed by atoms with Crippen molar-refractivity contribution in [1.29, 1.82) is 0 Å². The Morgan fingerprint density at radius 3 is 2.36 bits per heavy atom. The highest BCUT2D eigenvalue weighted by Gasteiger charge is 2.60. The van der Waals surface area contributed by atoms with E-state index in [9.17, 15) is 5.11 Å². The molecule has 4 rings (SSSR count). The highest BCUT2D eigenvalue weighted by Crippen LogP contribution is 2.68. The first-order valence-electron chi connectivity index (χ1n) is 12.4. The van der Waals surface area contributed by atoms with Crippen LogP contribution in [0.3, 0.4) is 0 Å². The fourth-order valence-electron chi connectivity index (χ4n) is 8.78. The zero-order valence-electron chi connectivity index (χ0n) is 19.1. The van der Waals surface area contributed by atoms with Crippen molar-refractivity contribution in [2.45, 2.75) is 105 Å². The Morgan fingerprint density at radius 2 is 1.61 bits per heavy atom. The van der Waals surface area contributed by atoms with Gasteiger partial charge in [-0.05, 0) is 104 Å². The summed E-state index contributed by atoms with van der Waals surface area (Å²) in [6.07, 6.45) is 13.1. The molecule has 0 radical (unpaired) electrons. The zero-order valence-corrected chi connectivity index (χ0v) is 19.1. The van der Waals surface area contributed by atoms with Gasteiger partial charge in [0.25, 0.3) is 0 Å². The smallest absolute Gasteiger partial charge is 0.0543 e. The lowest BCUT2D eigenvalue weighted by atomic mass is 9.44. The van der Waals surface area contributed by atoms with Crippen LogP contribution in [0, 0.1) is 64.1 Å². The second-order valence-corrected chi connectivity index (χ2v) is 12.0. The third-order valence-corrected chi connectivity index (χ3v) is 10.2. The Hall–Kier alpha value is -0.480. The Kier molecular flexibility index (Phi) is 5.68. The fourth-order valence-corrected chi connectivity index (χ4v) is 8.78. The highest BCUT2D eigenvalue weighted by molar-refractivity contribution is 5.11. The Labute approximate surface area is 174 Å². The molecule has 0 bridgehead atoms. The molecule has 1 heteroatoms. The topological polar surface area (TPSA) is 20.2 Å². The van der Waals surface area contributed by atoms with Gasteiger partial charge in [0, 0.05) is 12.3 Å². The molecular weight excluding hydrogens is 340 g/mol. The number of hydrogen-bond donors (Lipinski definition) is 1. The molecular formula is C27H44O. The minimum atomic E-state index is -0.0212. The molecule has 28 heavy (non-hydrogen) atoms. The molecule has 0 heterocycles. The number of fused-ring (bicyclic) bond motifs is 5. The van der Waals surface area contributed by atoms with Crippen LogP contribution in [-0.2, 0) is 0 Å². The van der Waals surface area contributed by atoms with E-state index in [1.165, 1.54) is 44.9 Å². The van der Waals surface area contributed by atoms with E-state index in [1.807, 2.05) is 0 Å². The minimum Gasteiger partial charge on any atom is -0.393 e. The molecule has 1 N–H and O–H groups in total. The van der Waals surface area contributed by atoms with Gasteiger partial charge in [-0.15, -0.1) is 11.8 Å². The van der Waals surface area contributed by atoms with Crippen molar-refractivity contribution < 1.29 is 5.11 Å². The van der Waals surface area contributed by atoms with Gasteiger partial charge in [-0.25, -0.2) is 0 Å². The summed E-state index contributed by atoms with van der Waals surface area (Å²) >= 11 is 0. The van der Waals surface area contributed by atoms with E-state index >= 15 is 0 Å². The average molecular weight is 385 g/mol. The quantitative estimate of drug-likeness (QED) is 0.526. The SMILES string of the molecule is CC(C)C#CC[C@@H](C)C1CCC2C3CC[C@@H]4C[C@@H](O)CC[C@]4(C)C3CC[C@@]21C. The van der Waals surface area contributed by atoms with E-state index in [2.05, 4.69) is 46.5 Å². The second kappa shape index (κ2) is 7.65. The summed E-state index contributed by atoms with van der Waals surface area (Å²) in [6, 6.07) is 0. The first-order chi connectivity index (χ1) is 13.3. The third kappa shape index (κ3) is 3.37. The summed E-state index contributed by atoms with van der Waals surface area (Å²) in [5.74, 6) is 12.6. The molecule has 4 fully saturated rings. The van der Waals surface area contributed by atoms with Crippen LogP contribution in [0.25, 0.3) is 0 Å². The maximum Gasteiger partial charge on any atom is 0.0543 e. The van der Waals surface area contributed by atoms with Crippen LogP contribution in [0.1, 0.15) is 98.8 Å². The van der Waals surface area contributed by atoms with Crippen molar-refractivity contribution in [3.8, 4) is 11.8 Å². The molecule has 1 nitrogen and oxygen atoms in total. The monoisotopic (exact) mass is 384 g/mol. The van der Waals surface area contributed by atoms with E-state index in [4.69, 9.17) is 0 Å². The summed E-state index contributed by atoms with van der Waals surface area (Å²) in [7, 11) is 0. The van der Waals surface area contributed by atoms with Crippen LogP contribution in [0.4, 0.5) is 0 Å². The molecule has 4 unspecified atom stereocenters. The summed E-state index contributed by atoms with van der Waals surface area (Å²) < 4.78 is 0. The van der Waals surface area contributed by atoms with Gasteiger partial charge in [-0.2, -0.15) is 0 Å². The van der Waals surface area contributed by atoms with Crippen molar-refractivity contribution >= 4 is 0 Å². The summed E-state index contributed by atoms with van der Waals surface area (Å²) in [6.45, 7) is 12.2. The lowest BCUT2D eigenvalue weighted by Crippen LogP contribution is -2.54. The number of hydrogen-bond acceptors (Lipinski definition) is 1. The van der Waals surface area contributed by atoms with Crippen molar-refractivity contribution in [2.24, 2.45) is 52.3 Å². The van der Waals surface area contributed by atoms with Gasteiger partial charge in [0.15, 0.2) is 0 Å². The Bertz CT molecular complexity index is 626. The minimum absolute atomic E-state index is 0.0212. The van der Waals surface area contributed by atoms with E-state index < -0.39 is 0 Å². The molecule has 4 aliphatic carbocycles. The van der Waals surface area contributed by atoms with Gasteiger partial charge in [-0.3, -0.25) is 0 Å². The number of rotatable bonds is 2. The molecule has 0 spiro atoms. The Balaban J connectivity index is 1.50. The number of aliphatic hydroxyl groups excluding tert-OH is 1. The Morgan fingerprint density at radius 1 is 0.893 bits per heavy atom. The van der Waals surface area contributed by atoms with Crippen LogP contribution < -0.4 is 0 Å². The van der Waals surface area contributed by atoms with E-state index in [-0.39, 0.29) is 6.10 Å². The molecule has 0 aromatic heterocycles. The van der Waals surface area contributed by atoms with E-state index in [1.54, 1.807) is 0 Å². The number of aliphatic hydroxyl groups is 1. The molecule has 0 aromatic rings. The molecule has 0 aliphatic heterocycles. The largest absolute Gasteiger partial charge is 0.393 e. The average Bonchev–Trinajstić information content (AvgIpc) is 2.99. The lowest BCUT2D eigenvalue weighted by Gasteiger charge is -2.61. The van der Waals surface area contributed by atoms with Gasteiger partial charge in [0.1, 0.15) is 0 Å². The van der Waals surface area contributed by atoms with Crippen molar-refractivity contribution in [3.05, 3.63) is 0 Å². The van der Waals surface area contributed by atoms with Gasteiger partial charge in [-0.1, -0.05) is 34.6 Å². The van der Waals surface area contributed by atoms with Crippen LogP contribution in [-0.4, -0.2) is 11.2 Å². The fraction of sp³-hybridized carbons (Fsp3) is 0.926. The van der Waals surface area contributed by atoms with Crippen molar-refractivity contribution in [2.75, 3.05) is 0 Å². The van der Waals surface area contributed by atoms with Gasteiger partial charge >= 0.3 is 0 Å². The highest BCUT2D eigenvalue weighted by atomic mass is 16.3. The van der Waals surface area contributed by atoms with Crippen LogP contribution in [0.5, 0.6) is 0 Å². The molecule has 9 atom stereocenters. The molecule has 4 aliphatic rings. The zero-order chi connectivity index (χ0) is 20.1. The normalized spacial score (nSPS) is 48.8. The maximum atomic E-state index is 10.2. The summed E-state index contributed by atoms with van der Waals surface area (Å²) in [5, 5.41) is 10.2. The lowest BCUT2D eigenvalue weighted by molar-refractivity contribution is -0.129. The second-order valence-electron chi connectivity index (χ2n) is 12.0. The first-order valence-corrected chi connectivity index (χ1v) is 12.4. The predicted octanol–water partition coefficient (Wildman–Crippen LogP) is 6.69.